The van der Waals surface area contributed by atoms with Gasteiger partial charge in [-0.25, -0.2) is 0 Å². The minimum Gasteiger partial charge on any atom is -0.397 e. The summed E-state index contributed by atoms with van der Waals surface area (Å²) in [4.78, 5) is 4.40. The van der Waals surface area contributed by atoms with Crippen molar-refractivity contribution >= 4 is 17.1 Å². The van der Waals surface area contributed by atoms with E-state index in [4.69, 9.17) is 5.73 Å². The van der Waals surface area contributed by atoms with Crippen molar-refractivity contribution < 1.29 is 0 Å². The number of hydrogen-bond acceptors (Lipinski definition) is 3. The number of rotatable bonds is 2. The van der Waals surface area contributed by atoms with Crippen LogP contribution in [0.1, 0.15) is 11.4 Å². The lowest BCUT2D eigenvalue weighted by Gasteiger charge is -2.11. The van der Waals surface area contributed by atoms with Gasteiger partial charge in [-0.3, -0.25) is 4.98 Å². The van der Waals surface area contributed by atoms with Gasteiger partial charge in [0.05, 0.1) is 22.8 Å². The summed E-state index contributed by atoms with van der Waals surface area (Å²) in [6.07, 6.45) is 0. The molecule has 2 aromatic rings. The Hall–Kier alpha value is -2.03. The molecule has 0 saturated heterocycles. The van der Waals surface area contributed by atoms with Crippen LogP contribution in [0.5, 0.6) is 0 Å². The number of hydrogen-bond donors (Lipinski definition) is 2. The van der Waals surface area contributed by atoms with Crippen molar-refractivity contribution in [2.24, 2.45) is 0 Å². The first-order chi connectivity index (χ1) is 7.66. The Morgan fingerprint density at radius 3 is 2.44 bits per heavy atom. The second kappa shape index (κ2) is 4.23. The molecule has 0 aliphatic rings. The first-order valence-electron chi connectivity index (χ1n) is 5.22. The van der Waals surface area contributed by atoms with Crippen LogP contribution < -0.4 is 11.1 Å². The SMILES string of the molecule is Cc1ccc(Nc2ccccc2N)c(C)n1. The maximum atomic E-state index is 5.87. The molecule has 82 valence electrons. The van der Waals surface area contributed by atoms with Crippen LogP contribution in [0.2, 0.25) is 0 Å². The quantitative estimate of drug-likeness (QED) is 0.754. The molecule has 0 saturated carbocycles. The molecule has 2 rings (SSSR count). The lowest BCUT2D eigenvalue weighted by molar-refractivity contribution is 1.12. The predicted molar refractivity (Wildman–Crippen MR) is 67.8 cm³/mol. The Labute approximate surface area is 95.3 Å². The van der Waals surface area contributed by atoms with Crippen molar-refractivity contribution in [1.29, 1.82) is 0 Å². The number of benzene rings is 1. The van der Waals surface area contributed by atoms with E-state index in [1.807, 2.05) is 50.2 Å². The van der Waals surface area contributed by atoms with Gasteiger partial charge in [0.15, 0.2) is 0 Å². The molecule has 3 heteroatoms. The fraction of sp³-hybridized carbons (Fsp3) is 0.154. The molecule has 0 aliphatic carbocycles. The second-order valence-corrected chi connectivity index (χ2v) is 3.80. The number of nitrogens with one attached hydrogen (secondary N) is 1. The van der Waals surface area contributed by atoms with Crippen LogP contribution in [0.4, 0.5) is 17.1 Å². The highest BCUT2D eigenvalue weighted by molar-refractivity contribution is 5.73. The molecule has 0 atom stereocenters. The zero-order valence-electron chi connectivity index (χ0n) is 9.49. The molecule has 1 heterocycles. The molecule has 3 nitrogen and oxygen atoms in total. The Morgan fingerprint density at radius 2 is 1.75 bits per heavy atom. The number of anilines is 3. The minimum atomic E-state index is 0.738. The highest BCUT2D eigenvalue weighted by Gasteiger charge is 2.02. The Bertz CT molecular complexity index is 506. The van der Waals surface area contributed by atoms with Gasteiger partial charge in [-0.2, -0.15) is 0 Å². The Morgan fingerprint density at radius 1 is 1.00 bits per heavy atom. The zero-order valence-corrected chi connectivity index (χ0v) is 9.49. The summed E-state index contributed by atoms with van der Waals surface area (Å²) >= 11 is 0. The summed E-state index contributed by atoms with van der Waals surface area (Å²) in [6, 6.07) is 11.7. The average Bonchev–Trinajstić information content (AvgIpc) is 2.25. The van der Waals surface area contributed by atoms with Gasteiger partial charge in [0, 0.05) is 5.69 Å². The molecular formula is C13H15N3. The summed E-state index contributed by atoms with van der Waals surface area (Å²) in [5, 5.41) is 3.28. The third kappa shape index (κ3) is 2.14. The van der Waals surface area contributed by atoms with Crippen molar-refractivity contribution in [1.82, 2.24) is 4.98 Å². The van der Waals surface area contributed by atoms with Crippen LogP contribution >= 0.6 is 0 Å². The highest BCUT2D eigenvalue weighted by Crippen LogP contribution is 2.23. The van der Waals surface area contributed by atoms with E-state index in [1.54, 1.807) is 0 Å². The molecule has 0 amide bonds. The van der Waals surface area contributed by atoms with Crippen molar-refractivity contribution in [3.05, 3.63) is 47.8 Å². The van der Waals surface area contributed by atoms with Crippen LogP contribution in [-0.4, -0.2) is 4.98 Å². The number of aryl methyl sites for hydroxylation is 2. The van der Waals surface area contributed by atoms with Gasteiger partial charge in [0.25, 0.3) is 0 Å². The van der Waals surface area contributed by atoms with Gasteiger partial charge in [0.2, 0.25) is 0 Å². The van der Waals surface area contributed by atoms with Crippen LogP contribution in [0.3, 0.4) is 0 Å². The predicted octanol–water partition coefficient (Wildman–Crippen LogP) is 3.02. The molecule has 1 aromatic carbocycles. The fourth-order valence-electron chi connectivity index (χ4n) is 1.57. The number of pyridine rings is 1. The lowest BCUT2D eigenvalue weighted by Crippen LogP contribution is -1.99. The third-order valence-electron chi connectivity index (χ3n) is 2.46. The van der Waals surface area contributed by atoms with E-state index in [9.17, 15) is 0 Å². The van der Waals surface area contributed by atoms with Gasteiger partial charge >= 0.3 is 0 Å². The van der Waals surface area contributed by atoms with Crippen molar-refractivity contribution in [3.63, 3.8) is 0 Å². The van der Waals surface area contributed by atoms with E-state index >= 15 is 0 Å². The molecule has 0 unspecified atom stereocenters. The van der Waals surface area contributed by atoms with Gasteiger partial charge in [0.1, 0.15) is 0 Å². The Balaban J connectivity index is 2.31. The number of nitrogen functional groups attached to an aromatic ring is 1. The summed E-state index contributed by atoms with van der Waals surface area (Å²) in [7, 11) is 0. The second-order valence-electron chi connectivity index (χ2n) is 3.80. The molecule has 1 aromatic heterocycles. The van der Waals surface area contributed by atoms with Crippen molar-refractivity contribution in [2.75, 3.05) is 11.1 Å². The molecule has 0 bridgehead atoms. The van der Waals surface area contributed by atoms with E-state index in [0.717, 1.165) is 28.5 Å². The fourth-order valence-corrected chi connectivity index (χ4v) is 1.57. The zero-order chi connectivity index (χ0) is 11.5. The van der Waals surface area contributed by atoms with Crippen LogP contribution in [0.15, 0.2) is 36.4 Å². The van der Waals surface area contributed by atoms with Crippen molar-refractivity contribution in [2.45, 2.75) is 13.8 Å². The molecule has 0 aliphatic heterocycles. The van der Waals surface area contributed by atoms with E-state index in [2.05, 4.69) is 10.3 Å². The molecule has 0 fully saturated rings. The standard InChI is InChI=1S/C13H15N3/c1-9-7-8-12(10(2)15-9)16-13-6-4-3-5-11(13)14/h3-8,16H,14H2,1-2H3. The van der Waals surface area contributed by atoms with Gasteiger partial charge in [-0.1, -0.05) is 12.1 Å². The monoisotopic (exact) mass is 213 g/mol. The topological polar surface area (TPSA) is 50.9 Å². The third-order valence-corrected chi connectivity index (χ3v) is 2.46. The average molecular weight is 213 g/mol. The number of nitrogens with zero attached hydrogens (tertiary/aromatic N) is 1. The molecule has 3 N–H and O–H groups in total. The normalized spacial score (nSPS) is 10.1. The smallest absolute Gasteiger partial charge is 0.0618 e. The molecule has 16 heavy (non-hydrogen) atoms. The van der Waals surface area contributed by atoms with Gasteiger partial charge < -0.3 is 11.1 Å². The van der Waals surface area contributed by atoms with Gasteiger partial charge in [-0.15, -0.1) is 0 Å². The first kappa shape index (κ1) is 10.5. The summed E-state index contributed by atoms with van der Waals surface area (Å²) < 4.78 is 0. The number of nitrogens with two attached hydrogens (primary N) is 1. The van der Waals surface area contributed by atoms with E-state index in [-0.39, 0.29) is 0 Å². The number of para-hydroxylation sites is 2. The van der Waals surface area contributed by atoms with Crippen molar-refractivity contribution in [3.8, 4) is 0 Å². The maximum absolute atomic E-state index is 5.87. The molecular weight excluding hydrogens is 198 g/mol. The van der Waals surface area contributed by atoms with E-state index in [1.165, 1.54) is 0 Å². The van der Waals surface area contributed by atoms with E-state index in [0.29, 0.717) is 0 Å². The molecule has 0 spiro atoms. The summed E-state index contributed by atoms with van der Waals surface area (Å²) in [6.45, 7) is 3.96. The van der Waals surface area contributed by atoms with Crippen LogP contribution in [0.25, 0.3) is 0 Å². The largest absolute Gasteiger partial charge is 0.397 e. The minimum absolute atomic E-state index is 0.738. The molecule has 0 radical (unpaired) electrons. The maximum Gasteiger partial charge on any atom is 0.0618 e. The van der Waals surface area contributed by atoms with E-state index < -0.39 is 0 Å². The highest BCUT2D eigenvalue weighted by atomic mass is 14.9. The van der Waals surface area contributed by atoms with Gasteiger partial charge in [-0.05, 0) is 38.1 Å². The summed E-state index contributed by atoms with van der Waals surface area (Å²) in [5.41, 5.74) is 10.5. The van der Waals surface area contributed by atoms with Crippen LogP contribution in [0, 0.1) is 13.8 Å². The Kier molecular flexibility index (Phi) is 2.77. The summed E-state index contributed by atoms with van der Waals surface area (Å²) in [5.74, 6) is 0. The first-order valence-corrected chi connectivity index (χ1v) is 5.22. The van der Waals surface area contributed by atoms with Crippen LogP contribution in [-0.2, 0) is 0 Å². The lowest BCUT2D eigenvalue weighted by atomic mass is 10.2. The number of aromatic nitrogens is 1.